The highest BCUT2D eigenvalue weighted by molar-refractivity contribution is 8.00. The van der Waals surface area contributed by atoms with E-state index in [2.05, 4.69) is 30.3 Å². The van der Waals surface area contributed by atoms with Crippen LogP contribution in [0.1, 0.15) is 13.3 Å². The first-order valence-corrected chi connectivity index (χ1v) is 6.61. The average Bonchev–Trinajstić information content (AvgIpc) is 2.04. The van der Waals surface area contributed by atoms with Crippen molar-refractivity contribution in [2.45, 2.75) is 18.7 Å². The van der Waals surface area contributed by atoms with Crippen molar-refractivity contribution in [3.8, 4) is 0 Å². The maximum atomic E-state index is 3.55. The molecule has 11 heavy (non-hydrogen) atoms. The second-order valence-electron chi connectivity index (χ2n) is 3.12. The summed E-state index contributed by atoms with van der Waals surface area (Å²) in [4.78, 5) is 0. The molecule has 2 unspecified atom stereocenters. The highest BCUT2D eigenvalue weighted by Gasteiger charge is 2.16. The smallest absolute Gasteiger partial charge is 0.0540 e. The lowest BCUT2D eigenvalue weighted by Gasteiger charge is -2.27. The van der Waals surface area contributed by atoms with Gasteiger partial charge in [-0.15, -0.1) is 11.8 Å². The van der Waals surface area contributed by atoms with Crippen LogP contribution in [0, 0.1) is 5.92 Å². The lowest BCUT2D eigenvalue weighted by atomic mass is 10.2. The van der Waals surface area contributed by atoms with E-state index in [0.717, 1.165) is 11.3 Å². The summed E-state index contributed by atoms with van der Waals surface area (Å²) >= 11 is 4.03. The van der Waals surface area contributed by atoms with Crippen molar-refractivity contribution in [1.29, 1.82) is 0 Å². The topological polar surface area (TPSA) is 12.0 Å². The number of rotatable bonds is 3. The van der Waals surface area contributed by atoms with Gasteiger partial charge in [0.05, 0.1) is 5.37 Å². The van der Waals surface area contributed by atoms with Gasteiger partial charge in [0.25, 0.3) is 0 Å². The van der Waals surface area contributed by atoms with Gasteiger partial charge < -0.3 is 5.32 Å². The summed E-state index contributed by atoms with van der Waals surface area (Å²) in [7, 11) is 0. The third-order valence-corrected chi connectivity index (χ3v) is 4.07. The molecule has 0 aromatic carbocycles. The molecule has 0 radical (unpaired) electrons. The van der Waals surface area contributed by atoms with E-state index in [9.17, 15) is 0 Å². The predicted molar refractivity (Wildman–Crippen MR) is 56.4 cm³/mol. The van der Waals surface area contributed by atoms with Crippen LogP contribution < -0.4 is 5.32 Å². The molecule has 2 atom stereocenters. The Bertz CT molecular complexity index is 97.5. The molecule has 1 heterocycles. The Morgan fingerprint density at radius 3 is 3.00 bits per heavy atom. The number of thioether (sulfide) groups is 2. The molecule has 3 heteroatoms. The molecule has 1 N–H and O–H groups in total. The van der Waals surface area contributed by atoms with E-state index in [1.807, 2.05) is 11.8 Å². The van der Waals surface area contributed by atoms with Gasteiger partial charge in [-0.1, -0.05) is 6.92 Å². The van der Waals surface area contributed by atoms with E-state index in [4.69, 9.17) is 0 Å². The molecule has 1 rings (SSSR count). The molecular weight excluding hydrogens is 174 g/mol. The van der Waals surface area contributed by atoms with Gasteiger partial charge in [0, 0.05) is 0 Å². The zero-order chi connectivity index (χ0) is 8.10. The van der Waals surface area contributed by atoms with Crippen LogP contribution in [-0.2, 0) is 0 Å². The van der Waals surface area contributed by atoms with Crippen LogP contribution in [-0.4, -0.2) is 29.7 Å². The minimum Gasteiger partial charge on any atom is -0.305 e. The third-order valence-electron chi connectivity index (χ3n) is 1.86. The fraction of sp³-hybridized carbons (Fsp3) is 1.00. The average molecular weight is 191 g/mol. The summed E-state index contributed by atoms with van der Waals surface area (Å²) < 4.78 is 0. The molecule has 1 aliphatic rings. The van der Waals surface area contributed by atoms with E-state index in [0.29, 0.717) is 0 Å². The lowest BCUT2D eigenvalue weighted by Crippen LogP contribution is -2.36. The van der Waals surface area contributed by atoms with Crippen LogP contribution in [0.5, 0.6) is 0 Å². The van der Waals surface area contributed by atoms with Gasteiger partial charge in [-0.2, -0.15) is 11.8 Å². The molecule has 0 aliphatic carbocycles. The van der Waals surface area contributed by atoms with Crippen molar-refractivity contribution < 1.29 is 0 Å². The lowest BCUT2D eigenvalue weighted by molar-refractivity contribution is 0.515. The summed E-state index contributed by atoms with van der Waals surface area (Å²) in [6.07, 6.45) is 3.49. The van der Waals surface area contributed by atoms with Crippen LogP contribution in [0.4, 0.5) is 0 Å². The molecule has 0 bridgehead atoms. The van der Waals surface area contributed by atoms with Gasteiger partial charge in [0.15, 0.2) is 0 Å². The molecule has 0 amide bonds. The van der Waals surface area contributed by atoms with Gasteiger partial charge >= 0.3 is 0 Å². The first kappa shape index (κ1) is 9.75. The fourth-order valence-electron chi connectivity index (χ4n) is 1.14. The second kappa shape index (κ2) is 5.33. The fourth-order valence-corrected chi connectivity index (χ4v) is 2.94. The van der Waals surface area contributed by atoms with E-state index >= 15 is 0 Å². The number of hydrogen-bond acceptors (Lipinski definition) is 3. The Hall–Kier alpha value is 0.660. The highest BCUT2D eigenvalue weighted by atomic mass is 32.2. The summed E-state index contributed by atoms with van der Waals surface area (Å²) in [5.41, 5.74) is 0. The quantitative estimate of drug-likeness (QED) is 0.733. The Labute approximate surface area is 78.1 Å². The van der Waals surface area contributed by atoms with E-state index in [1.54, 1.807) is 0 Å². The van der Waals surface area contributed by atoms with Crippen molar-refractivity contribution in [2.75, 3.05) is 24.3 Å². The van der Waals surface area contributed by atoms with Crippen molar-refractivity contribution in [3.05, 3.63) is 0 Å². The maximum absolute atomic E-state index is 3.55. The summed E-state index contributed by atoms with van der Waals surface area (Å²) in [6.45, 7) is 3.52. The molecule has 0 aromatic rings. The molecule has 1 saturated heterocycles. The van der Waals surface area contributed by atoms with Crippen molar-refractivity contribution in [2.24, 2.45) is 5.92 Å². The maximum Gasteiger partial charge on any atom is 0.0540 e. The summed E-state index contributed by atoms with van der Waals surface area (Å²) in [6, 6.07) is 0. The van der Waals surface area contributed by atoms with Crippen molar-refractivity contribution >= 4 is 23.5 Å². The zero-order valence-electron chi connectivity index (χ0n) is 7.30. The Morgan fingerprint density at radius 2 is 2.45 bits per heavy atom. The molecular formula is C8H17NS2. The Balaban J connectivity index is 2.07. The SMILES string of the molecule is CSCCC1NCC(C)CS1. The first-order valence-electron chi connectivity index (χ1n) is 4.17. The first-order chi connectivity index (χ1) is 5.33. The minimum atomic E-state index is 0.735. The standard InChI is InChI=1S/C8H17NS2/c1-7-5-9-8(11-6-7)3-4-10-2/h7-9H,3-6H2,1-2H3. The largest absolute Gasteiger partial charge is 0.305 e. The molecule has 66 valence electrons. The molecule has 0 spiro atoms. The van der Waals surface area contributed by atoms with Gasteiger partial charge in [0.2, 0.25) is 0 Å². The molecule has 0 aromatic heterocycles. The van der Waals surface area contributed by atoms with Gasteiger partial charge in [-0.3, -0.25) is 0 Å². The Morgan fingerprint density at radius 1 is 1.64 bits per heavy atom. The third kappa shape index (κ3) is 3.72. The normalized spacial score (nSPS) is 32.2. The van der Waals surface area contributed by atoms with Gasteiger partial charge in [0.1, 0.15) is 0 Å². The van der Waals surface area contributed by atoms with E-state index in [1.165, 1.54) is 24.5 Å². The van der Waals surface area contributed by atoms with Crippen LogP contribution in [0.25, 0.3) is 0 Å². The molecule has 1 fully saturated rings. The summed E-state index contributed by atoms with van der Waals surface area (Å²) in [5, 5.41) is 4.29. The van der Waals surface area contributed by atoms with E-state index < -0.39 is 0 Å². The Kier molecular flexibility index (Phi) is 4.72. The molecule has 1 aliphatic heterocycles. The molecule has 0 saturated carbocycles. The van der Waals surface area contributed by atoms with Crippen LogP contribution in [0.3, 0.4) is 0 Å². The predicted octanol–water partition coefficient (Wildman–Crippen LogP) is 2.04. The van der Waals surface area contributed by atoms with Gasteiger partial charge in [-0.25, -0.2) is 0 Å². The molecule has 1 nitrogen and oxygen atoms in total. The van der Waals surface area contributed by atoms with Crippen molar-refractivity contribution in [3.63, 3.8) is 0 Å². The minimum absolute atomic E-state index is 0.735. The highest BCUT2D eigenvalue weighted by Crippen LogP contribution is 2.21. The monoisotopic (exact) mass is 191 g/mol. The number of nitrogens with one attached hydrogen (secondary N) is 1. The second-order valence-corrected chi connectivity index (χ2v) is 5.34. The summed E-state index contributed by atoms with van der Waals surface area (Å²) in [5.74, 6) is 3.50. The number of hydrogen-bond donors (Lipinski definition) is 1. The van der Waals surface area contributed by atoms with Crippen LogP contribution >= 0.6 is 23.5 Å². The van der Waals surface area contributed by atoms with Crippen LogP contribution in [0.2, 0.25) is 0 Å². The van der Waals surface area contributed by atoms with Crippen LogP contribution in [0.15, 0.2) is 0 Å². The van der Waals surface area contributed by atoms with Gasteiger partial charge in [-0.05, 0) is 36.6 Å². The van der Waals surface area contributed by atoms with Crippen molar-refractivity contribution in [1.82, 2.24) is 5.32 Å². The van der Waals surface area contributed by atoms with E-state index in [-0.39, 0.29) is 0 Å². The zero-order valence-corrected chi connectivity index (χ0v) is 8.93.